The van der Waals surface area contributed by atoms with Crippen LogP contribution in [0.3, 0.4) is 0 Å². The van der Waals surface area contributed by atoms with Gasteiger partial charge >= 0.3 is 0 Å². The summed E-state index contributed by atoms with van der Waals surface area (Å²) >= 11 is 0. The number of likely N-dealkylation sites (tertiary alicyclic amines) is 1. The first-order valence-electron chi connectivity index (χ1n) is 4.99. The first-order chi connectivity index (χ1) is 5.84. The molecule has 12 heavy (non-hydrogen) atoms. The molecule has 0 aromatic heterocycles. The molecule has 1 heterocycles. The van der Waals surface area contributed by atoms with Gasteiger partial charge in [-0.2, -0.15) is 0 Å². The summed E-state index contributed by atoms with van der Waals surface area (Å²) in [5.74, 6) is 0. The van der Waals surface area contributed by atoms with Crippen LogP contribution in [0.15, 0.2) is 0 Å². The van der Waals surface area contributed by atoms with Crippen molar-refractivity contribution in [1.29, 1.82) is 0 Å². The molecule has 3 nitrogen and oxygen atoms in total. The van der Waals surface area contributed by atoms with E-state index in [1.807, 2.05) is 0 Å². The lowest BCUT2D eigenvalue weighted by Crippen LogP contribution is -2.39. The van der Waals surface area contributed by atoms with Gasteiger partial charge in [0, 0.05) is 25.7 Å². The SMILES string of the molecule is CC(CNCCN)N1CCCC1. The minimum absolute atomic E-state index is 0.680. The van der Waals surface area contributed by atoms with Crippen molar-refractivity contribution in [3.8, 4) is 0 Å². The van der Waals surface area contributed by atoms with Crippen LogP contribution in [-0.4, -0.2) is 43.7 Å². The fraction of sp³-hybridized carbons (Fsp3) is 1.00. The van der Waals surface area contributed by atoms with Gasteiger partial charge in [0.1, 0.15) is 0 Å². The van der Waals surface area contributed by atoms with Gasteiger partial charge in [0.05, 0.1) is 0 Å². The molecule has 1 saturated heterocycles. The fourth-order valence-corrected chi connectivity index (χ4v) is 1.72. The third-order valence-corrected chi connectivity index (χ3v) is 2.52. The van der Waals surface area contributed by atoms with Crippen molar-refractivity contribution in [1.82, 2.24) is 10.2 Å². The van der Waals surface area contributed by atoms with Crippen LogP contribution < -0.4 is 11.1 Å². The molecule has 0 saturated carbocycles. The van der Waals surface area contributed by atoms with Crippen LogP contribution in [-0.2, 0) is 0 Å². The second-order valence-corrected chi connectivity index (χ2v) is 3.58. The molecule has 1 atom stereocenters. The summed E-state index contributed by atoms with van der Waals surface area (Å²) < 4.78 is 0. The second kappa shape index (κ2) is 5.51. The summed E-state index contributed by atoms with van der Waals surface area (Å²) in [7, 11) is 0. The van der Waals surface area contributed by atoms with Crippen molar-refractivity contribution in [3.05, 3.63) is 0 Å². The van der Waals surface area contributed by atoms with Crippen LogP contribution in [0.5, 0.6) is 0 Å². The van der Waals surface area contributed by atoms with Gasteiger partial charge in [-0.25, -0.2) is 0 Å². The molecule has 0 bridgehead atoms. The zero-order valence-corrected chi connectivity index (χ0v) is 8.05. The Labute approximate surface area is 75.3 Å². The monoisotopic (exact) mass is 171 g/mol. The Bertz CT molecular complexity index is 110. The van der Waals surface area contributed by atoms with E-state index in [9.17, 15) is 0 Å². The van der Waals surface area contributed by atoms with Crippen molar-refractivity contribution in [3.63, 3.8) is 0 Å². The minimum atomic E-state index is 0.680. The highest BCUT2D eigenvalue weighted by Crippen LogP contribution is 2.10. The molecule has 1 aliphatic heterocycles. The maximum Gasteiger partial charge on any atom is 0.0192 e. The van der Waals surface area contributed by atoms with E-state index in [1.165, 1.54) is 25.9 Å². The minimum Gasteiger partial charge on any atom is -0.329 e. The van der Waals surface area contributed by atoms with Gasteiger partial charge in [-0.15, -0.1) is 0 Å². The van der Waals surface area contributed by atoms with Crippen LogP contribution in [0.2, 0.25) is 0 Å². The molecule has 0 aromatic rings. The largest absolute Gasteiger partial charge is 0.329 e. The molecule has 1 rings (SSSR count). The maximum atomic E-state index is 5.39. The molecule has 1 aliphatic rings. The maximum absolute atomic E-state index is 5.39. The molecule has 0 radical (unpaired) electrons. The number of rotatable bonds is 5. The van der Waals surface area contributed by atoms with Crippen LogP contribution in [0.1, 0.15) is 19.8 Å². The van der Waals surface area contributed by atoms with Gasteiger partial charge in [-0.3, -0.25) is 4.90 Å². The predicted molar refractivity (Wildman–Crippen MR) is 52.2 cm³/mol. The zero-order chi connectivity index (χ0) is 8.81. The van der Waals surface area contributed by atoms with E-state index in [4.69, 9.17) is 5.73 Å². The van der Waals surface area contributed by atoms with Gasteiger partial charge in [0.25, 0.3) is 0 Å². The average molecular weight is 171 g/mol. The van der Waals surface area contributed by atoms with Crippen molar-refractivity contribution < 1.29 is 0 Å². The quantitative estimate of drug-likeness (QED) is 0.573. The molecule has 3 N–H and O–H groups in total. The molecule has 1 fully saturated rings. The van der Waals surface area contributed by atoms with E-state index in [0.717, 1.165) is 19.6 Å². The first kappa shape index (κ1) is 9.96. The molecule has 72 valence electrons. The third kappa shape index (κ3) is 3.09. The number of hydrogen-bond acceptors (Lipinski definition) is 3. The normalized spacial score (nSPS) is 21.5. The standard InChI is InChI=1S/C9H21N3/c1-9(8-11-5-4-10)12-6-2-3-7-12/h9,11H,2-8,10H2,1H3. The van der Waals surface area contributed by atoms with E-state index in [-0.39, 0.29) is 0 Å². The Balaban J connectivity index is 2.05. The fourth-order valence-electron chi connectivity index (χ4n) is 1.72. The molecule has 0 spiro atoms. The topological polar surface area (TPSA) is 41.3 Å². The van der Waals surface area contributed by atoms with Crippen LogP contribution >= 0.6 is 0 Å². The van der Waals surface area contributed by atoms with Gasteiger partial charge in [0.15, 0.2) is 0 Å². The Kier molecular flexibility index (Phi) is 4.58. The van der Waals surface area contributed by atoms with Crippen molar-refractivity contribution in [2.24, 2.45) is 5.73 Å². The van der Waals surface area contributed by atoms with Crippen molar-refractivity contribution >= 4 is 0 Å². The van der Waals surface area contributed by atoms with Crippen LogP contribution in [0.4, 0.5) is 0 Å². The van der Waals surface area contributed by atoms with Crippen LogP contribution in [0.25, 0.3) is 0 Å². The Morgan fingerprint density at radius 3 is 2.67 bits per heavy atom. The lowest BCUT2D eigenvalue weighted by molar-refractivity contribution is 0.253. The first-order valence-corrected chi connectivity index (χ1v) is 4.99. The summed E-state index contributed by atoms with van der Waals surface area (Å²) in [5, 5.41) is 3.35. The smallest absolute Gasteiger partial charge is 0.0192 e. The van der Waals surface area contributed by atoms with Gasteiger partial charge in [0.2, 0.25) is 0 Å². The van der Waals surface area contributed by atoms with Crippen molar-refractivity contribution in [2.75, 3.05) is 32.7 Å². The van der Waals surface area contributed by atoms with E-state index in [2.05, 4.69) is 17.1 Å². The van der Waals surface area contributed by atoms with Gasteiger partial charge in [-0.05, 0) is 32.9 Å². The zero-order valence-electron chi connectivity index (χ0n) is 8.05. The Morgan fingerprint density at radius 1 is 1.42 bits per heavy atom. The summed E-state index contributed by atoms with van der Waals surface area (Å²) in [4.78, 5) is 2.55. The molecular formula is C9H21N3. The average Bonchev–Trinajstić information content (AvgIpc) is 2.56. The van der Waals surface area contributed by atoms with Crippen LogP contribution in [0, 0.1) is 0 Å². The molecule has 0 aromatic carbocycles. The number of nitrogens with one attached hydrogen (secondary N) is 1. The van der Waals surface area contributed by atoms with E-state index in [0.29, 0.717) is 6.04 Å². The third-order valence-electron chi connectivity index (χ3n) is 2.52. The summed E-state index contributed by atoms with van der Waals surface area (Å²) in [6.07, 6.45) is 2.75. The highest BCUT2D eigenvalue weighted by molar-refractivity contribution is 4.74. The highest BCUT2D eigenvalue weighted by Gasteiger charge is 2.16. The van der Waals surface area contributed by atoms with E-state index < -0.39 is 0 Å². The summed E-state index contributed by atoms with van der Waals surface area (Å²) in [5.41, 5.74) is 5.39. The number of nitrogens with zero attached hydrogens (tertiary/aromatic N) is 1. The Hall–Kier alpha value is -0.120. The number of nitrogens with two attached hydrogens (primary N) is 1. The molecule has 0 amide bonds. The predicted octanol–water partition coefficient (Wildman–Crippen LogP) is 0.0190. The molecule has 0 aliphatic carbocycles. The number of hydrogen-bond donors (Lipinski definition) is 2. The Morgan fingerprint density at radius 2 is 2.08 bits per heavy atom. The molecular weight excluding hydrogens is 150 g/mol. The summed E-state index contributed by atoms with van der Waals surface area (Å²) in [6.45, 7) is 7.62. The molecule has 3 heteroatoms. The second-order valence-electron chi connectivity index (χ2n) is 3.58. The van der Waals surface area contributed by atoms with Gasteiger partial charge < -0.3 is 11.1 Å². The van der Waals surface area contributed by atoms with E-state index >= 15 is 0 Å². The summed E-state index contributed by atoms with van der Waals surface area (Å²) in [6, 6.07) is 0.680. The van der Waals surface area contributed by atoms with Gasteiger partial charge in [-0.1, -0.05) is 0 Å². The van der Waals surface area contributed by atoms with E-state index in [1.54, 1.807) is 0 Å². The van der Waals surface area contributed by atoms with Crippen molar-refractivity contribution in [2.45, 2.75) is 25.8 Å². The lowest BCUT2D eigenvalue weighted by atomic mass is 10.3. The highest BCUT2D eigenvalue weighted by atomic mass is 15.2. The lowest BCUT2D eigenvalue weighted by Gasteiger charge is -2.23. The molecule has 1 unspecified atom stereocenters.